The number of sulfone groups is 1. The van der Waals surface area contributed by atoms with Gasteiger partial charge in [0.05, 0.1) is 11.5 Å². The van der Waals surface area contributed by atoms with Crippen molar-refractivity contribution in [3.8, 4) is 0 Å². The molecule has 0 saturated carbocycles. The lowest BCUT2D eigenvalue weighted by Crippen LogP contribution is -2.52. The smallest absolute Gasteiger partial charge is 0.225 e. The first kappa shape index (κ1) is 21.9. The van der Waals surface area contributed by atoms with E-state index in [0.717, 1.165) is 65.1 Å². The molecule has 3 fully saturated rings. The van der Waals surface area contributed by atoms with Crippen LogP contribution in [-0.2, 0) is 21.2 Å². The molecule has 5 rings (SSSR count). The van der Waals surface area contributed by atoms with Crippen LogP contribution in [0.5, 0.6) is 0 Å². The summed E-state index contributed by atoms with van der Waals surface area (Å²) in [6.07, 6.45) is 2.46. The number of piperazine rings is 1. The maximum Gasteiger partial charge on any atom is 0.225 e. The fraction of sp³-hybridized carbons (Fsp3) is 0.560. The van der Waals surface area contributed by atoms with Gasteiger partial charge in [0.25, 0.3) is 0 Å². The molecule has 172 valence electrons. The summed E-state index contributed by atoms with van der Waals surface area (Å²) >= 11 is 0. The molecule has 0 spiro atoms. The van der Waals surface area contributed by atoms with Gasteiger partial charge in [0, 0.05) is 44.7 Å². The molecule has 7 heteroatoms. The zero-order valence-electron chi connectivity index (χ0n) is 18.7. The normalized spacial score (nSPS) is 25.4. The van der Waals surface area contributed by atoms with Crippen LogP contribution in [0.2, 0.25) is 0 Å². The van der Waals surface area contributed by atoms with Crippen LogP contribution in [-0.4, -0.2) is 85.8 Å². The lowest BCUT2D eigenvalue weighted by Gasteiger charge is -2.39. The molecular weight excluding hydrogens is 422 g/mol. The van der Waals surface area contributed by atoms with Crippen molar-refractivity contribution in [2.45, 2.75) is 31.8 Å². The summed E-state index contributed by atoms with van der Waals surface area (Å²) in [6.45, 7) is 6.03. The van der Waals surface area contributed by atoms with Gasteiger partial charge in [0.15, 0.2) is 9.84 Å². The molecule has 32 heavy (non-hydrogen) atoms. The molecular formula is C25H33N3O3S. The van der Waals surface area contributed by atoms with E-state index in [0.29, 0.717) is 17.4 Å². The summed E-state index contributed by atoms with van der Waals surface area (Å²) in [7, 11) is -2.85. The van der Waals surface area contributed by atoms with E-state index in [1.807, 2.05) is 0 Å². The summed E-state index contributed by atoms with van der Waals surface area (Å²) in [5.74, 6) is 1.01. The van der Waals surface area contributed by atoms with Crippen molar-refractivity contribution in [1.29, 1.82) is 0 Å². The lowest BCUT2D eigenvalue weighted by atomic mass is 9.94. The summed E-state index contributed by atoms with van der Waals surface area (Å²) in [4.78, 5) is 19.9. The number of hydrogen-bond donors (Lipinski definition) is 0. The number of carbonyl (C=O) groups is 1. The Morgan fingerprint density at radius 1 is 0.875 bits per heavy atom. The first-order chi connectivity index (χ1) is 15.5. The Hall–Kier alpha value is -1.96. The van der Waals surface area contributed by atoms with E-state index >= 15 is 0 Å². The second-order valence-corrected chi connectivity index (χ2v) is 11.8. The SMILES string of the molecule is O=C(C1CCN([C@@H]2CCS(=O)(=O)C2)CC1)N1CCN(Cc2cccc3ccccc23)CC1. The van der Waals surface area contributed by atoms with Gasteiger partial charge in [-0.2, -0.15) is 0 Å². The number of carbonyl (C=O) groups excluding carboxylic acids is 1. The van der Waals surface area contributed by atoms with Crippen molar-refractivity contribution in [3.63, 3.8) is 0 Å². The van der Waals surface area contributed by atoms with Gasteiger partial charge in [-0.3, -0.25) is 14.6 Å². The minimum Gasteiger partial charge on any atom is -0.340 e. The van der Waals surface area contributed by atoms with Crippen molar-refractivity contribution in [2.24, 2.45) is 5.92 Å². The molecule has 3 heterocycles. The quantitative estimate of drug-likeness (QED) is 0.709. The average Bonchev–Trinajstić information content (AvgIpc) is 3.19. The highest BCUT2D eigenvalue weighted by Gasteiger charge is 2.36. The van der Waals surface area contributed by atoms with Gasteiger partial charge in [0.1, 0.15) is 0 Å². The van der Waals surface area contributed by atoms with Gasteiger partial charge >= 0.3 is 0 Å². The van der Waals surface area contributed by atoms with Gasteiger partial charge in [0.2, 0.25) is 5.91 Å². The number of piperidine rings is 1. The maximum atomic E-state index is 13.1. The van der Waals surface area contributed by atoms with Gasteiger partial charge in [-0.15, -0.1) is 0 Å². The zero-order valence-corrected chi connectivity index (χ0v) is 19.5. The molecule has 3 aliphatic heterocycles. The van der Waals surface area contributed by atoms with Gasteiger partial charge in [-0.25, -0.2) is 8.42 Å². The molecule has 1 amide bonds. The van der Waals surface area contributed by atoms with E-state index in [9.17, 15) is 13.2 Å². The Morgan fingerprint density at radius 2 is 1.59 bits per heavy atom. The largest absolute Gasteiger partial charge is 0.340 e. The summed E-state index contributed by atoms with van der Waals surface area (Å²) in [6, 6.07) is 15.2. The van der Waals surface area contributed by atoms with Crippen LogP contribution in [0.3, 0.4) is 0 Å². The average molecular weight is 456 g/mol. The van der Waals surface area contributed by atoms with Crippen molar-refractivity contribution >= 4 is 26.5 Å². The molecule has 6 nitrogen and oxygen atoms in total. The second kappa shape index (κ2) is 9.12. The van der Waals surface area contributed by atoms with Crippen LogP contribution in [0.25, 0.3) is 10.8 Å². The van der Waals surface area contributed by atoms with Crippen LogP contribution in [0.1, 0.15) is 24.8 Å². The van der Waals surface area contributed by atoms with Crippen molar-refractivity contribution < 1.29 is 13.2 Å². The molecule has 3 saturated heterocycles. The number of likely N-dealkylation sites (tertiary alicyclic amines) is 1. The molecule has 0 aliphatic carbocycles. The third kappa shape index (κ3) is 4.70. The van der Waals surface area contributed by atoms with Crippen molar-refractivity contribution in [1.82, 2.24) is 14.7 Å². The molecule has 0 radical (unpaired) electrons. The standard InChI is InChI=1S/C25H33N3O3S/c29-25(21-8-11-27(12-9-21)23-10-17-32(30,31)19-23)28-15-13-26(14-16-28)18-22-6-3-5-20-4-1-2-7-24(20)22/h1-7,21,23H,8-19H2/t23-/m1/s1. The molecule has 0 N–H and O–H groups in total. The minimum absolute atomic E-state index is 0.0916. The van der Waals surface area contributed by atoms with E-state index in [1.54, 1.807) is 0 Å². The summed E-state index contributed by atoms with van der Waals surface area (Å²) in [5.41, 5.74) is 1.35. The Morgan fingerprint density at radius 3 is 2.31 bits per heavy atom. The molecule has 2 aromatic rings. The Kier molecular flexibility index (Phi) is 6.23. The van der Waals surface area contributed by atoms with E-state index < -0.39 is 9.84 Å². The van der Waals surface area contributed by atoms with Crippen LogP contribution < -0.4 is 0 Å². The topological polar surface area (TPSA) is 60.9 Å². The van der Waals surface area contributed by atoms with Crippen LogP contribution >= 0.6 is 0 Å². The fourth-order valence-corrected chi connectivity index (χ4v) is 7.39. The van der Waals surface area contributed by atoms with E-state index in [1.165, 1.54) is 16.3 Å². The van der Waals surface area contributed by atoms with Crippen LogP contribution in [0.15, 0.2) is 42.5 Å². The number of nitrogens with zero attached hydrogens (tertiary/aromatic N) is 3. The Labute approximate surface area is 191 Å². The third-order valence-corrected chi connectivity index (χ3v) is 9.31. The molecule has 0 bridgehead atoms. The minimum atomic E-state index is -2.85. The molecule has 3 aliphatic rings. The van der Waals surface area contributed by atoms with E-state index in [2.05, 4.69) is 57.2 Å². The summed E-state index contributed by atoms with van der Waals surface area (Å²) in [5, 5.41) is 2.59. The lowest BCUT2D eigenvalue weighted by molar-refractivity contribution is -0.139. The number of rotatable bonds is 4. The number of amides is 1. The number of benzene rings is 2. The highest BCUT2D eigenvalue weighted by Crippen LogP contribution is 2.26. The fourth-order valence-electron chi connectivity index (χ4n) is 5.63. The maximum absolute atomic E-state index is 13.1. The van der Waals surface area contributed by atoms with Gasteiger partial charge in [-0.05, 0) is 48.7 Å². The number of fused-ring (bicyclic) bond motifs is 1. The first-order valence-corrected chi connectivity index (χ1v) is 13.7. The zero-order chi connectivity index (χ0) is 22.1. The predicted molar refractivity (Wildman–Crippen MR) is 127 cm³/mol. The van der Waals surface area contributed by atoms with E-state index in [-0.39, 0.29) is 12.0 Å². The Bertz CT molecular complexity index is 1070. The van der Waals surface area contributed by atoms with E-state index in [4.69, 9.17) is 0 Å². The summed E-state index contributed by atoms with van der Waals surface area (Å²) < 4.78 is 23.6. The van der Waals surface area contributed by atoms with Crippen molar-refractivity contribution in [3.05, 3.63) is 48.0 Å². The van der Waals surface area contributed by atoms with Crippen molar-refractivity contribution in [2.75, 3.05) is 50.8 Å². The molecule has 0 unspecified atom stereocenters. The Balaban J connectivity index is 1.11. The van der Waals surface area contributed by atoms with Crippen LogP contribution in [0, 0.1) is 5.92 Å². The molecule has 0 aromatic heterocycles. The predicted octanol–water partition coefficient (Wildman–Crippen LogP) is 2.38. The molecule has 2 aromatic carbocycles. The molecule has 1 atom stereocenters. The second-order valence-electron chi connectivity index (χ2n) is 9.61. The number of hydrogen-bond acceptors (Lipinski definition) is 5. The highest BCUT2D eigenvalue weighted by molar-refractivity contribution is 7.91. The highest BCUT2D eigenvalue weighted by atomic mass is 32.2. The first-order valence-electron chi connectivity index (χ1n) is 11.9. The van der Waals surface area contributed by atoms with Gasteiger partial charge in [-0.1, -0.05) is 42.5 Å². The van der Waals surface area contributed by atoms with Crippen LogP contribution in [0.4, 0.5) is 0 Å². The van der Waals surface area contributed by atoms with Gasteiger partial charge < -0.3 is 4.90 Å². The monoisotopic (exact) mass is 455 g/mol. The third-order valence-electron chi connectivity index (χ3n) is 7.56.